The maximum atomic E-state index is 12.2. The lowest BCUT2D eigenvalue weighted by atomic mass is 10.2. The van der Waals surface area contributed by atoms with Crippen LogP contribution in [-0.4, -0.2) is 37.8 Å². The number of aromatic nitrogens is 3. The SMILES string of the molecule is Cc1nc(C(=O)NC(C)CCC(=O)O)nn1-c1c(Cl)cccc1Cl. The predicted octanol–water partition coefficient (Wildman–Crippen LogP) is 2.87. The fourth-order valence-electron chi connectivity index (χ4n) is 2.09. The summed E-state index contributed by atoms with van der Waals surface area (Å²) in [7, 11) is 0. The summed E-state index contributed by atoms with van der Waals surface area (Å²) in [4.78, 5) is 26.9. The summed E-state index contributed by atoms with van der Waals surface area (Å²) in [5.41, 5.74) is 0.448. The third-order valence-electron chi connectivity index (χ3n) is 3.29. The van der Waals surface area contributed by atoms with Gasteiger partial charge in [-0.2, -0.15) is 0 Å². The van der Waals surface area contributed by atoms with Gasteiger partial charge in [-0.25, -0.2) is 9.67 Å². The first-order valence-electron chi connectivity index (χ1n) is 7.20. The number of aryl methyl sites for hydroxylation is 1. The van der Waals surface area contributed by atoms with Crippen molar-refractivity contribution >= 4 is 35.1 Å². The molecule has 0 aliphatic carbocycles. The second-order valence-corrected chi connectivity index (χ2v) is 6.09. The van der Waals surface area contributed by atoms with Gasteiger partial charge in [0.2, 0.25) is 5.82 Å². The number of amides is 1. The molecule has 0 aliphatic heterocycles. The summed E-state index contributed by atoms with van der Waals surface area (Å²) >= 11 is 12.3. The number of carbonyl (C=O) groups excluding carboxylic acids is 1. The maximum absolute atomic E-state index is 12.2. The monoisotopic (exact) mass is 370 g/mol. The Balaban J connectivity index is 2.19. The fraction of sp³-hybridized carbons (Fsp3) is 0.333. The zero-order valence-corrected chi connectivity index (χ0v) is 14.6. The predicted molar refractivity (Wildman–Crippen MR) is 89.9 cm³/mol. The molecule has 0 saturated carbocycles. The van der Waals surface area contributed by atoms with Gasteiger partial charge in [0.15, 0.2) is 0 Å². The third-order valence-corrected chi connectivity index (χ3v) is 3.90. The number of halogens is 2. The lowest BCUT2D eigenvalue weighted by Gasteiger charge is -2.10. The van der Waals surface area contributed by atoms with Crippen LogP contribution in [0.15, 0.2) is 18.2 Å². The van der Waals surface area contributed by atoms with Gasteiger partial charge in [0.1, 0.15) is 11.5 Å². The molecule has 2 aromatic rings. The Bertz CT molecular complexity index is 756. The minimum absolute atomic E-state index is 0.0302. The average Bonchev–Trinajstić information content (AvgIpc) is 2.87. The van der Waals surface area contributed by atoms with Gasteiger partial charge in [-0.1, -0.05) is 29.3 Å². The number of hydrogen-bond acceptors (Lipinski definition) is 4. The maximum Gasteiger partial charge on any atom is 0.303 e. The van der Waals surface area contributed by atoms with E-state index in [0.29, 0.717) is 28.0 Å². The standard InChI is InChI=1S/C15H16Cl2N4O3/c1-8(6-7-12(22)23)18-15(24)14-19-9(2)21(20-14)13-10(16)4-3-5-11(13)17/h3-5,8H,6-7H2,1-2H3,(H,18,24)(H,22,23). The summed E-state index contributed by atoms with van der Waals surface area (Å²) in [6, 6.07) is 4.72. The molecule has 0 radical (unpaired) electrons. The molecular formula is C15H16Cl2N4O3. The van der Waals surface area contributed by atoms with Crippen LogP contribution in [0, 0.1) is 6.92 Å². The van der Waals surface area contributed by atoms with Gasteiger partial charge in [0.25, 0.3) is 5.91 Å². The topological polar surface area (TPSA) is 97.1 Å². The van der Waals surface area contributed by atoms with Gasteiger partial charge >= 0.3 is 5.97 Å². The molecule has 128 valence electrons. The van der Waals surface area contributed by atoms with Crippen molar-refractivity contribution in [2.75, 3.05) is 0 Å². The molecule has 0 saturated heterocycles. The highest BCUT2D eigenvalue weighted by atomic mass is 35.5. The van der Waals surface area contributed by atoms with Crippen molar-refractivity contribution < 1.29 is 14.7 Å². The second kappa shape index (κ2) is 7.63. The van der Waals surface area contributed by atoms with Crippen molar-refractivity contribution in [3.05, 3.63) is 39.9 Å². The smallest absolute Gasteiger partial charge is 0.303 e. The van der Waals surface area contributed by atoms with Gasteiger partial charge in [-0.15, -0.1) is 5.10 Å². The lowest BCUT2D eigenvalue weighted by Crippen LogP contribution is -2.33. The molecule has 9 heteroatoms. The van der Waals surface area contributed by atoms with E-state index >= 15 is 0 Å². The Morgan fingerprint density at radius 3 is 2.54 bits per heavy atom. The summed E-state index contributed by atoms with van der Waals surface area (Å²) < 4.78 is 1.40. The molecule has 1 atom stereocenters. The lowest BCUT2D eigenvalue weighted by molar-refractivity contribution is -0.137. The molecule has 0 aliphatic rings. The van der Waals surface area contributed by atoms with Crippen molar-refractivity contribution in [3.63, 3.8) is 0 Å². The zero-order valence-electron chi connectivity index (χ0n) is 13.1. The van der Waals surface area contributed by atoms with Gasteiger partial charge < -0.3 is 10.4 Å². The van der Waals surface area contributed by atoms with E-state index < -0.39 is 11.9 Å². The van der Waals surface area contributed by atoms with Gasteiger partial charge in [-0.05, 0) is 32.4 Å². The zero-order chi connectivity index (χ0) is 17.9. The van der Waals surface area contributed by atoms with Crippen LogP contribution in [0.5, 0.6) is 0 Å². The fourth-order valence-corrected chi connectivity index (χ4v) is 2.65. The van der Waals surface area contributed by atoms with E-state index in [4.69, 9.17) is 28.3 Å². The Morgan fingerprint density at radius 2 is 1.96 bits per heavy atom. The summed E-state index contributed by atoms with van der Waals surface area (Å²) in [5.74, 6) is -0.986. The van der Waals surface area contributed by atoms with E-state index in [1.165, 1.54) is 4.68 Å². The molecule has 7 nitrogen and oxygen atoms in total. The molecule has 0 fully saturated rings. The average molecular weight is 371 g/mol. The third kappa shape index (κ3) is 4.24. The molecule has 24 heavy (non-hydrogen) atoms. The number of carboxylic acid groups (broad SMARTS) is 1. The highest BCUT2D eigenvalue weighted by molar-refractivity contribution is 6.37. The van der Waals surface area contributed by atoms with E-state index in [0.717, 1.165) is 0 Å². The van der Waals surface area contributed by atoms with Crippen LogP contribution in [0.25, 0.3) is 5.69 Å². The number of nitrogens with zero attached hydrogens (tertiary/aromatic N) is 3. The molecular weight excluding hydrogens is 355 g/mol. The Kier molecular flexibility index (Phi) is 5.80. The number of hydrogen-bond donors (Lipinski definition) is 2. The number of para-hydroxylation sites is 1. The number of nitrogens with one attached hydrogen (secondary N) is 1. The highest BCUT2D eigenvalue weighted by Gasteiger charge is 2.19. The second-order valence-electron chi connectivity index (χ2n) is 5.27. The van der Waals surface area contributed by atoms with Crippen molar-refractivity contribution in [2.24, 2.45) is 0 Å². The Hall–Kier alpha value is -2.12. The van der Waals surface area contributed by atoms with Gasteiger partial charge in [0, 0.05) is 12.5 Å². The van der Waals surface area contributed by atoms with E-state index in [9.17, 15) is 9.59 Å². The summed E-state index contributed by atoms with van der Waals surface area (Å²) in [5, 5.41) is 16.3. The molecule has 1 heterocycles. The molecule has 0 spiro atoms. The Morgan fingerprint density at radius 1 is 1.33 bits per heavy atom. The largest absolute Gasteiger partial charge is 0.481 e. The summed E-state index contributed by atoms with van der Waals surface area (Å²) in [6.45, 7) is 3.40. The quantitative estimate of drug-likeness (QED) is 0.814. The van der Waals surface area contributed by atoms with E-state index in [-0.39, 0.29) is 18.3 Å². The summed E-state index contributed by atoms with van der Waals surface area (Å²) in [6.07, 6.45) is 0.286. The van der Waals surface area contributed by atoms with E-state index in [1.54, 1.807) is 32.0 Å². The van der Waals surface area contributed by atoms with Gasteiger partial charge in [-0.3, -0.25) is 9.59 Å². The van der Waals surface area contributed by atoms with Crippen LogP contribution in [0.2, 0.25) is 10.0 Å². The van der Waals surface area contributed by atoms with Crippen molar-refractivity contribution in [3.8, 4) is 5.69 Å². The van der Waals surface area contributed by atoms with E-state index in [2.05, 4.69) is 15.4 Å². The molecule has 2 N–H and O–H groups in total. The first kappa shape index (κ1) is 18.2. The van der Waals surface area contributed by atoms with Crippen LogP contribution < -0.4 is 5.32 Å². The first-order valence-corrected chi connectivity index (χ1v) is 7.96. The van der Waals surface area contributed by atoms with Gasteiger partial charge in [0.05, 0.1) is 10.0 Å². The molecule has 2 rings (SSSR count). The number of aliphatic carboxylic acids is 1. The number of rotatable bonds is 6. The van der Waals surface area contributed by atoms with Crippen LogP contribution >= 0.6 is 23.2 Å². The molecule has 1 aromatic heterocycles. The van der Waals surface area contributed by atoms with Crippen LogP contribution in [0.3, 0.4) is 0 Å². The number of carbonyl (C=O) groups is 2. The van der Waals surface area contributed by atoms with Crippen molar-refractivity contribution in [2.45, 2.75) is 32.7 Å². The Labute approximate surface area is 148 Å². The minimum atomic E-state index is -0.914. The normalized spacial score (nSPS) is 12.0. The molecule has 1 amide bonds. The molecule has 1 unspecified atom stereocenters. The molecule has 1 aromatic carbocycles. The minimum Gasteiger partial charge on any atom is -0.481 e. The number of carboxylic acids is 1. The number of benzene rings is 1. The van der Waals surface area contributed by atoms with Crippen LogP contribution in [-0.2, 0) is 4.79 Å². The van der Waals surface area contributed by atoms with Crippen molar-refractivity contribution in [1.29, 1.82) is 0 Å². The first-order chi connectivity index (χ1) is 11.3. The molecule has 0 bridgehead atoms. The van der Waals surface area contributed by atoms with Crippen LogP contribution in [0.4, 0.5) is 0 Å². The van der Waals surface area contributed by atoms with Crippen LogP contribution in [0.1, 0.15) is 36.2 Å². The highest BCUT2D eigenvalue weighted by Crippen LogP contribution is 2.28. The van der Waals surface area contributed by atoms with E-state index in [1.807, 2.05) is 0 Å². The van der Waals surface area contributed by atoms with Crippen molar-refractivity contribution in [1.82, 2.24) is 20.1 Å².